The molecule has 1 aliphatic heterocycles. The summed E-state index contributed by atoms with van der Waals surface area (Å²) < 4.78 is 5.61. The topological polar surface area (TPSA) is 101 Å². The molecule has 32 heavy (non-hydrogen) atoms. The molecule has 1 N–H and O–H groups in total. The van der Waals surface area contributed by atoms with Crippen LogP contribution in [0.4, 0.5) is 0 Å². The van der Waals surface area contributed by atoms with Gasteiger partial charge in [-0.15, -0.1) is 0 Å². The Morgan fingerprint density at radius 3 is 2.72 bits per heavy atom. The monoisotopic (exact) mass is 433 g/mol. The van der Waals surface area contributed by atoms with Crippen molar-refractivity contribution in [2.75, 3.05) is 19.6 Å². The van der Waals surface area contributed by atoms with E-state index in [2.05, 4.69) is 20.4 Å². The van der Waals surface area contributed by atoms with Gasteiger partial charge in [-0.3, -0.25) is 14.6 Å². The van der Waals surface area contributed by atoms with E-state index in [0.29, 0.717) is 38.1 Å². The van der Waals surface area contributed by atoms with E-state index in [0.717, 1.165) is 17.0 Å². The normalized spacial score (nSPS) is 18.4. The van der Waals surface area contributed by atoms with Crippen molar-refractivity contribution in [3.8, 4) is 11.3 Å². The van der Waals surface area contributed by atoms with Crippen LogP contribution in [0.1, 0.15) is 41.7 Å². The van der Waals surface area contributed by atoms with Crippen LogP contribution in [0.15, 0.2) is 53.3 Å². The Labute approximate surface area is 187 Å². The first-order valence-corrected chi connectivity index (χ1v) is 10.9. The zero-order valence-electron chi connectivity index (χ0n) is 18.4. The van der Waals surface area contributed by atoms with E-state index in [1.54, 1.807) is 11.1 Å². The standard InChI is InChI=1S/C24H27N5O3/c1-3-25-23(31)24(13-19-12-20(28-32-19)18-8-5-4-6-9-18)10-7-11-29(16-24)22(30)21-15-26-17(2)14-27-21/h4-6,8-9,12,14-15H,3,7,10-11,13,16H2,1-2H3,(H,25,31)/t24-/m0/s1. The molecule has 3 heterocycles. The molecule has 4 rings (SSSR count). The zero-order valence-corrected chi connectivity index (χ0v) is 18.4. The van der Waals surface area contributed by atoms with Gasteiger partial charge in [-0.25, -0.2) is 4.98 Å². The van der Waals surface area contributed by atoms with Crippen LogP contribution in [0.2, 0.25) is 0 Å². The van der Waals surface area contributed by atoms with Crippen LogP contribution in [0, 0.1) is 12.3 Å². The Balaban J connectivity index is 1.59. The maximum absolute atomic E-state index is 13.2. The summed E-state index contributed by atoms with van der Waals surface area (Å²) in [7, 11) is 0. The molecule has 8 heteroatoms. The quantitative estimate of drug-likeness (QED) is 0.641. The summed E-state index contributed by atoms with van der Waals surface area (Å²) in [6.45, 7) is 5.09. The second kappa shape index (κ2) is 9.30. The fraction of sp³-hybridized carbons (Fsp3) is 0.375. The second-order valence-corrected chi connectivity index (χ2v) is 8.23. The molecular weight excluding hydrogens is 406 g/mol. The van der Waals surface area contributed by atoms with Crippen LogP contribution in [0.5, 0.6) is 0 Å². The molecule has 0 unspecified atom stereocenters. The third kappa shape index (κ3) is 4.54. The van der Waals surface area contributed by atoms with E-state index in [4.69, 9.17) is 4.52 Å². The van der Waals surface area contributed by atoms with Crippen LogP contribution < -0.4 is 5.32 Å². The number of nitrogens with one attached hydrogen (secondary N) is 1. The molecular formula is C24H27N5O3. The van der Waals surface area contributed by atoms with E-state index in [1.807, 2.05) is 50.2 Å². The van der Waals surface area contributed by atoms with E-state index in [1.165, 1.54) is 6.20 Å². The SMILES string of the molecule is CCNC(=O)[C@]1(Cc2cc(-c3ccccc3)no2)CCCN(C(=O)c2cnc(C)cn2)C1. The van der Waals surface area contributed by atoms with Gasteiger partial charge < -0.3 is 14.7 Å². The number of carbonyl (C=O) groups excluding carboxylic acids is 2. The number of nitrogens with zero attached hydrogens (tertiary/aromatic N) is 4. The van der Waals surface area contributed by atoms with Crippen molar-refractivity contribution < 1.29 is 14.1 Å². The first kappa shape index (κ1) is 21.7. The highest BCUT2D eigenvalue weighted by Gasteiger charge is 2.44. The molecule has 166 valence electrons. The number of aryl methyl sites for hydroxylation is 1. The molecule has 1 saturated heterocycles. The molecule has 0 aliphatic carbocycles. The van der Waals surface area contributed by atoms with E-state index in [-0.39, 0.29) is 24.1 Å². The summed E-state index contributed by atoms with van der Waals surface area (Å²) in [6.07, 6.45) is 4.80. The lowest BCUT2D eigenvalue weighted by Crippen LogP contribution is -2.54. The third-order valence-electron chi connectivity index (χ3n) is 5.82. The number of aromatic nitrogens is 3. The van der Waals surface area contributed by atoms with Crippen LogP contribution in [0.25, 0.3) is 11.3 Å². The molecule has 0 spiro atoms. The number of carbonyl (C=O) groups is 2. The number of benzene rings is 1. The van der Waals surface area contributed by atoms with Crippen LogP contribution in [-0.4, -0.2) is 51.5 Å². The van der Waals surface area contributed by atoms with Crippen molar-refractivity contribution in [2.24, 2.45) is 5.41 Å². The first-order valence-electron chi connectivity index (χ1n) is 10.9. The molecule has 3 aromatic rings. The van der Waals surface area contributed by atoms with Crippen LogP contribution in [0.3, 0.4) is 0 Å². The molecule has 1 fully saturated rings. The second-order valence-electron chi connectivity index (χ2n) is 8.23. The van der Waals surface area contributed by atoms with Gasteiger partial charge in [0.05, 0.1) is 17.3 Å². The Kier molecular flexibility index (Phi) is 6.30. The number of hydrogen-bond donors (Lipinski definition) is 1. The summed E-state index contributed by atoms with van der Waals surface area (Å²) in [5.41, 5.74) is 1.92. The maximum atomic E-state index is 13.2. The van der Waals surface area contributed by atoms with Crippen molar-refractivity contribution in [2.45, 2.75) is 33.1 Å². The lowest BCUT2D eigenvalue weighted by molar-refractivity contribution is -0.134. The minimum absolute atomic E-state index is 0.0786. The number of likely N-dealkylation sites (tertiary alicyclic amines) is 1. The van der Waals surface area contributed by atoms with E-state index >= 15 is 0 Å². The summed E-state index contributed by atoms with van der Waals surface area (Å²) >= 11 is 0. The largest absolute Gasteiger partial charge is 0.361 e. The highest BCUT2D eigenvalue weighted by Crippen LogP contribution is 2.35. The minimum Gasteiger partial charge on any atom is -0.361 e. The lowest BCUT2D eigenvalue weighted by atomic mass is 9.75. The number of rotatable bonds is 6. The average Bonchev–Trinajstić information content (AvgIpc) is 3.28. The van der Waals surface area contributed by atoms with Crippen LogP contribution >= 0.6 is 0 Å². The van der Waals surface area contributed by atoms with Crippen LogP contribution in [-0.2, 0) is 11.2 Å². The van der Waals surface area contributed by atoms with Gasteiger partial charge in [0.15, 0.2) is 0 Å². The fourth-order valence-electron chi connectivity index (χ4n) is 4.20. The number of hydrogen-bond acceptors (Lipinski definition) is 6. The smallest absolute Gasteiger partial charge is 0.274 e. The molecule has 2 amide bonds. The Morgan fingerprint density at radius 1 is 1.19 bits per heavy atom. The zero-order chi connectivity index (χ0) is 22.6. The van der Waals surface area contributed by atoms with E-state index in [9.17, 15) is 9.59 Å². The van der Waals surface area contributed by atoms with Crippen molar-refractivity contribution in [1.29, 1.82) is 0 Å². The highest BCUT2D eigenvalue weighted by atomic mass is 16.5. The number of piperidine rings is 1. The van der Waals surface area contributed by atoms with Crippen molar-refractivity contribution >= 4 is 11.8 Å². The fourth-order valence-corrected chi connectivity index (χ4v) is 4.20. The van der Waals surface area contributed by atoms with Gasteiger partial charge in [-0.2, -0.15) is 0 Å². The summed E-state index contributed by atoms with van der Waals surface area (Å²) in [5, 5.41) is 7.15. The third-order valence-corrected chi connectivity index (χ3v) is 5.82. The molecule has 2 aromatic heterocycles. The molecule has 1 atom stereocenters. The van der Waals surface area contributed by atoms with Crippen molar-refractivity contribution in [1.82, 2.24) is 25.3 Å². The lowest BCUT2D eigenvalue weighted by Gasteiger charge is -2.41. The van der Waals surface area contributed by atoms with Gasteiger partial charge >= 0.3 is 0 Å². The Hall–Kier alpha value is -3.55. The molecule has 0 bridgehead atoms. The molecule has 1 aliphatic rings. The van der Waals surface area contributed by atoms with Gasteiger partial charge in [0, 0.05) is 43.9 Å². The van der Waals surface area contributed by atoms with Gasteiger partial charge in [0.1, 0.15) is 17.1 Å². The van der Waals surface area contributed by atoms with Crippen molar-refractivity contribution in [3.05, 3.63) is 65.9 Å². The first-order chi connectivity index (χ1) is 15.5. The predicted octanol–water partition coefficient (Wildman–Crippen LogP) is 3.04. The molecule has 0 saturated carbocycles. The summed E-state index contributed by atoms with van der Waals surface area (Å²) in [4.78, 5) is 36.4. The van der Waals surface area contributed by atoms with Gasteiger partial charge in [-0.05, 0) is 26.7 Å². The maximum Gasteiger partial charge on any atom is 0.274 e. The molecule has 8 nitrogen and oxygen atoms in total. The summed E-state index contributed by atoms with van der Waals surface area (Å²) in [6, 6.07) is 11.6. The molecule has 0 radical (unpaired) electrons. The Morgan fingerprint density at radius 2 is 2.00 bits per heavy atom. The highest BCUT2D eigenvalue weighted by molar-refractivity contribution is 5.93. The molecule has 1 aromatic carbocycles. The van der Waals surface area contributed by atoms with Gasteiger partial charge in [0.2, 0.25) is 5.91 Å². The van der Waals surface area contributed by atoms with E-state index < -0.39 is 5.41 Å². The van der Waals surface area contributed by atoms with Crippen molar-refractivity contribution in [3.63, 3.8) is 0 Å². The number of amides is 2. The predicted molar refractivity (Wildman–Crippen MR) is 119 cm³/mol. The van der Waals surface area contributed by atoms with Gasteiger partial charge in [0.25, 0.3) is 5.91 Å². The Bertz CT molecular complexity index is 1080. The van der Waals surface area contributed by atoms with Gasteiger partial charge in [-0.1, -0.05) is 35.5 Å². The average molecular weight is 434 g/mol. The summed E-state index contributed by atoms with van der Waals surface area (Å²) in [5.74, 6) is 0.332. The minimum atomic E-state index is -0.796.